The highest BCUT2D eigenvalue weighted by Gasteiger charge is 2.30. The summed E-state index contributed by atoms with van der Waals surface area (Å²) in [5, 5.41) is 10.4. The Morgan fingerprint density at radius 2 is 1.95 bits per heavy atom. The lowest BCUT2D eigenvalue weighted by Crippen LogP contribution is -2.19. The second-order valence-electron chi connectivity index (χ2n) is 5.00. The van der Waals surface area contributed by atoms with E-state index in [0.29, 0.717) is 17.5 Å². The molecule has 0 radical (unpaired) electrons. The molecule has 0 aliphatic heterocycles. The zero-order chi connectivity index (χ0) is 14.2. The van der Waals surface area contributed by atoms with Gasteiger partial charge in [0, 0.05) is 5.69 Å². The summed E-state index contributed by atoms with van der Waals surface area (Å²) in [5.41, 5.74) is 7.05. The molecular weight excluding hydrogens is 256 g/mol. The Balaban J connectivity index is 1.97. The number of hydrogen-bond donors (Lipinski definition) is 2. The van der Waals surface area contributed by atoms with Gasteiger partial charge in [-0.05, 0) is 31.5 Å². The van der Waals surface area contributed by atoms with Crippen LogP contribution in [0, 0.1) is 0 Å². The molecule has 0 saturated carbocycles. The highest BCUT2D eigenvalue weighted by atomic mass is 16.5. The molecular formula is C13H14N6O. The van der Waals surface area contributed by atoms with Crippen LogP contribution in [-0.2, 0) is 5.41 Å². The number of nitrogens with two attached hydrogens (primary N) is 1. The van der Waals surface area contributed by atoms with Crippen LogP contribution in [0.15, 0.2) is 35.1 Å². The minimum atomic E-state index is -0.418. The summed E-state index contributed by atoms with van der Waals surface area (Å²) in [6.07, 6.45) is 1.40. The zero-order valence-electron chi connectivity index (χ0n) is 11.2. The van der Waals surface area contributed by atoms with Crippen LogP contribution in [0.3, 0.4) is 0 Å². The molecule has 20 heavy (non-hydrogen) atoms. The van der Waals surface area contributed by atoms with Crippen molar-refractivity contribution in [1.82, 2.24) is 25.3 Å². The molecule has 0 unspecified atom stereocenters. The lowest BCUT2D eigenvalue weighted by atomic mass is 9.84. The number of hydrogen-bond acceptors (Lipinski definition) is 6. The molecule has 3 rings (SSSR count). The first-order chi connectivity index (χ1) is 9.57. The van der Waals surface area contributed by atoms with E-state index in [2.05, 4.69) is 25.3 Å². The van der Waals surface area contributed by atoms with E-state index in [1.807, 2.05) is 38.1 Å². The predicted octanol–water partition coefficient (Wildman–Crippen LogP) is 1.76. The molecule has 0 amide bonds. The lowest BCUT2D eigenvalue weighted by molar-refractivity contribution is 0.332. The van der Waals surface area contributed by atoms with Crippen molar-refractivity contribution in [3.05, 3.63) is 42.0 Å². The molecule has 0 spiro atoms. The van der Waals surface area contributed by atoms with Crippen LogP contribution in [-0.4, -0.2) is 25.3 Å². The average Bonchev–Trinajstić information content (AvgIpc) is 3.10. The van der Waals surface area contributed by atoms with Gasteiger partial charge in [0.15, 0.2) is 5.82 Å². The van der Waals surface area contributed by atoms with Gasteiger partial charge < -0.3 is 10.3 Å². The minimum Gasteiger partial charge on any atom is -0.399 e. The van der Waals surface area contributed by atoms with E-state index in [0.717, 1.165) is 11.3 Å². The van der Waals surface area contributed by atoms with Gasteiger partial charge in [-0.1, -0.05) is 17.3 Å². The first kappa shape index (κ1) is 12.3. The molecule has 0 bridgehead atoms. The van der Waals surface area contributed by atoms with Crippen LogP contribution < -0.4 is 5.73 Å². The van der Waals surface area contributed by atoms with Gasteiger partial charge in [-0.15, -0.1) is 0 Å². The molecule has 0 aliphatic carbocycles. The highest BCUT2D eigenvalue weighted by molar-refractivity contribution is 5.44. The quantitative estimate of drug-likeness (QED) is 0.702. The average molecular weight is 270 g/mol. The van der Waals surface area contributed by atoms with E-state index in [4.69, 9.17) is 10.3 Å². The highest BCUT2D eigenvalue weighted by Crippen LogP contribution is 2.31. The molecule has 0 atom stereocenters. The number of anilines is 1. The fourth-order valence-electron chi connectivity index (χ4n) is 1.91. The normalized spacial score (nSPS) is 11.7. The van der Waals surface area contributed by atoms with Crippen molar-refractivity contribution in [2.75, 3.05) is 5.73 Å². The van der Waals surface area contributed by atoms with Gasteiger partial charge in [-0.2, -0.15) is 10.1 Å². The smallest absolute Gasteiger partial charge is 0.239 e. The van der Waals surface area contributed by atoms with Crippen LogP contribution in [0.5, 0.6) is 0 Å². The van der Waals surface area contributed by atoms with Gasteiger partial charge in [-0.25, -0.2) is 4.98 Å². The first-order valence-electron chi connectivity index (χ1n) is 6.13. The summed E-state index contributed by atoms with van der Waals surface area (Å²) in [7, 11) is 0. The molecule has 102 valence electrons. The monoisotopic (exact) mass is 270 g/mol. The van der Waals surface area contributed by atoms with Gasteiger partial charge in [-0.3, -0.25) is 5.10 Å². The third kappa shape index (κ3) is 2.03. The van der Waals surface area contributed by atoms with E-state index in [9.17, 15) is 0 Å². The van der Waals surface area contributed by atoms with Gasteiger partial charge in [0.05, 0.1) is 5.41 Å². The summed E-state index contributed by atoms with van der Waals surface area (Å²) >= 11 is 0. The van der Waals surface area contributed by atoms with Crippen LogP contribution in [0.4, 0.5) is 5.69 Å². The Morgan fingerprint density at radius 3 is 2.60 bits per heavy atom. The van der Waals surface area contributed by atoms with Crippen LogP contribution in [0.2, 0.25) is 0 Å². The maximum absolute atomic E-state index is 5.71. The first-order valence-corrected chi connectivity index (χ1v) is 6.13. The van der Waals surface area contributed by atoms with Gasteiger partial charge >= 0.3 is 0 Å². The van der Waals surface area contributed by atoms with E-state index >= 15 is 0 Å². The van der Waals surface area contributed by atoms with Crippen LogP contribution >= 0.6 is 0 Å². The second kappa shape index (κ2) is 4.44. The summed E-state index contributed by atoms with van der Waals surface area (Å²) in [6, 6.07) is 7.61. The molecule has 0 saturated heterocycles. The van der Waals surface area contributed by atoms with Crippen molar-refractivity contribution in [3.63, 3.8) is 0 Å². The Bertz CT molecular complexity index is 699. The molecule has 1 aromatic carbocycles. The Morgan fingerprint density at radius 1 is 1.20 bits per heavy atom. The Hall–Kier alpha value is -2.70. The molecule has 2 heterocycles. The molecule has 2 aromatic heterocycles. The fraction of sp³-hybridized carbons (Fsp3) is 0.231. The summed E-state index contributed by atoms with van der Waals surface area (Å²) in [4.78, 5) is 8.38. The number of aromatic nitrogens is 5. The zero-order valence-corrected chi connectivity index (χ0v) is 11.2. The van der Waals surface area contributed by atoms with Gasteiger partial charge in [0.2, 0.25) is 11.7 Å². The molecule has 3 aromatic rings. The molecule has 7 heteroatoms. The predicted molar refractivity (Wildman–Crippen MR) is 72.7 cm³/mol. The van der Waals surface area contributed by atoms with E-state index < -0.39 is 5.41 Å². The summed E-state index contributed by atoms with van der Waals surface area (Å²) in [6.45, 7) is 4.02. The number of aromatic amines is 1. The van der Waals surface area contributed by atoms with Crippen molar-refractivity contribution < 1.29 is 4.52 Å². The molecule has 0 fully saturated rings. The van der Waals surface area contributed by atoms with Gasteiger partial charge in [0.1, 0.15) is 6.33 Å². The van der Waals surface area contributed by atoms with Crippen molar-refractivity contribution in [2.24, 2.45) is 0 Å². The SMILES string of the molecule is CC(C)(c1ccc(N)cc1)c1nc(-c2ncn[nH]2)no1. The van der Waals surface area contributed by atoms with Crippen molar-refractivity contribution >= 4 is 5.69 Å². The third-order valence-electron chi connectivity index (χ3n) is 3.22. The number of nitrogens with zero attached hydrogens (tertiary/aromatic N) is 4. The summed E-state index contributed by atoms with van der Waals surface area (Å²) < 4.78 is 5.36. The number of nitrogen functional groups attached to an aromatic ring is 1. The minimum absolute atomic E-state index is 0.390. The molecule has 0 aliphatic rings. The fourth-order valence-corrected chi connectivity index (χ4v) is 1.91. The Labute approximate surface area is 115 Å². The maximum atomic E-state index is 5.71. The molecule has 3 N–H and O–H groups in total. The van der Waals surface area contributed by atoms with E-state index in [-0.39, 0.29) is 0 Å². The van der Waals surface area contributed by atoms with Crippen molar-refractivity contribution in [1.29, 1.82) is 0 Å². The number of H-pyrrole nitrogens is 1. The maximum Gasteiger partial charge on any atom is 0.239 e. The Kier molecular flexibility index (Phi) is 2.74. The molecule has 7 nitrogen and oxygen atoms in total. The largest absolute Gasteiger partial charge is 0.399 e. The second-order valence-corrected chi connectivity index (χ2v) is 5.00. The number of nitrogens with one attached hydrogen (secondary N) is 1. The number of rotatable bonds is 3. The van der Waals surface area contributed by atoms with Crippen LogP contribution in [0.25, 0.3) is 11.6 Å². The van der Waals surface area contributed by atoms with Crippen LogP contribution in [0.1, 0.15) is 25.3 Å². The summed E-state index contributed by atoms with van der Waals surface area (Å²) in [5.74, 6) is 1.38. The van der Waals surface area contributed by atoms with Crippen molar-refractivity contribution in [2.45, 2.75) is 19.3 Å². The topological polar surface area (TPSA) is 107 Å². The van der Waals surface area contributed by atoms with E-state index in [1.165, 1.54) is 6.33 Å². The third-order valence-corrected chi connectivity index (χ3v) is 3.22. The van der Waals surface area contributed by atoms with E-state index in [1.54, 1.807) is 0 Å². The number of benzene rings is 1. The van der Waals surface area contributed by atoms with Crippen molar-refractivity contribution in [3.8, 4) is 11.6 Å². The standard InChI is InChI=1S/C13H14N6O/c1-13(2,8-3-5-9(14)6-4-8)12-17-11(19-20-12)10-15-7-16-18-10/h3-7H,14H2,1-2H3,(H,15,16,18). The lowest BCUT2D eigenvalue weighted by Gasteiger charge is -2.20. The van der Waals surface area contributed by atoms with Gasteiger partial charge in [0.25, 0.3) is 0 Å².